The van der Waals surface area contributed by atoms with Crippen molar-refractivity contribution in [1.82, 2.24) is 0 Å². The number of carbonyl (C=O) groups is 1. The summed E-state index contributed by atoms with van der Waals surface area (Å²) in [6.07, 6.45) is -8.70. The first-order valence-electron chi connectivity index (χ1n) is 7.99. The summed E-state index contributed by atoms with van der Waals surface area (Å²) in [6.45, 7) is 0. The van der Waals surface area contributed by atoms with Crippen LogP contribution in [-0.2, 0) is 9.53 Å². The fourth-order valence-electron chi connectivity index (χ4n) is 2.76. The first-order valence-corrected chi connectivity index (χ1v) is 7.99. The minimum Gasteiger partial charge on any atom is -0.508 e. The third kappa shape index (κ3) is 3.96. The van der Waals surface area contributed by atoms with Crippen molar-refractivity contribution in [2.45, 2.75) is 30.7 Å². The average molecular weight is 378 g/mol. The van der Waals surface area contributed by atoms with E-state index in [0.717, 1.165) is 0 Å². The van der Waals surface area contributed by atoms with Crippen molar-refractivity contribution in [3.8, 4) is 28.4 Å². The molecule has 0 radical (unpaired) electrons. The highest BCUT2D eigenvalue weighted by Gasteiger charge is 2.48. The van der Waals surface area contributed by atoms with Crippen molar-refractivity contribution >= 4 is 5.97 Å². The Kier molecular flexibility index (Phi) is 5.19. The third-order valence-electron chi connectivity index (χ3n) is 4.16. The van der Waals surface area contributed by atoms with Gasteiger partial charge in [0.25, 0.3) is 0 Å². The van der Waals surface area contributed by atoms with Gasteiger partial charge in [0.1, 0.15) is 35.6 Å². The molecule has 0 aliphatic carbocycles. The number of hydrogen-bond acceptors (Lipinski definition) is 8. The minimum absolute atomic E-state index is 0.0369. The van der Waals surface area contributed by atoms with Gasteiger partial charge in [0.15, 0.2) is 6.10 Å². The van der Waals surface area contributed by atoms with E-state index in [2.05, 4.69) is 0 Å². The number of phenols is 2. The SMILES string of the molecule is O=C(O)[C@H]1O[C@@H](Oc2cc(O)cc(-c3ccc(O)cc3)c2)[C@H](O)[C@@H](O)[C@@H]1O. The summed E-state index contributed by atoms with van der Waals surface area (Å²) >= 11 is 0. The van der Waals surface area contributed by atoms with Crippen molar-refractivity contribution in [2.24, 2.45) is 0 Å². The lowest BCUT2D eigenvalue weighted by Crippen LogP contribution is -2.61. The molecule has 3 rings (SSSR count). The Bertz CT molecular complexity index is 820. The van der Waals surface area contributed by atoms with Crippen LogP contribution in [0.15, 0.2) is 42.5 Å². The van der Waals surface area contributed by atoms with E-state index >= 15 is 0 Å². The van der Waals surface area contributed by atoms with Gasteiger partial charge in [-0.2, -0.15) is 0 Å². The molecule has 1 saturated heterocycles. The Hall–Kier alpha value is -2.85. The van der Waals surface area contributed by atoms with Crippen LogP contribution in [0.4, 0.5) is 0 Å². The number of benzene rings is 2. The second-order valence-corrected chi connectivity index (χ2v) is 6.12. The molecule has 2 aromatic rings. The topological polar surface area (TPSA) is 157 Å². The molecule has 1 heterocycles. The molecule has 5 atom stereocenters. The molecule has 0 aromatic heterocycles. The summed E-state index contributed by atoms with van der Waals surface area (Å²) in [5.41, 5.74) is 1.17. The zero-order valence-electron chi connectivity index (χ0n) is 13.8. The van der Waals surface area contributed by atoms with Gasteiger partial charge in [0.2, 0.25) is 6.29 Å². The first-order chi connectivity index (χ1) is 12.8. The van der Waals surface area contributed by atoms with E-state index in [1.54, 1.807) is 12.1 Å². The lowest BCUT2D eigenvalue weighted by Gasteiger charge is -2.38. The monoisotopic (exact) mass is 378 g/mol. The van der Waals surface area contributed by atoms with Gasteiger partial charge >= 0.3 is 5.97 Å². The maximum atomic E-state index is 11.1. The molecule has 6 N–H and O–H groups in total. The molecule has 0 bridgehead atoms. The van der Waals surface area contributed by atoms with Gasteiger partial charge in [-0.3, -0.25) is 0 Å². The molecule has 2 aromatic carbocycles. The molecule has 0 spiro atoms. The predicted molar refractivity (Wildman–Crippen MR) is 90.2 cm³/mol. The van der Waals surface area contributed by atoms with Crippen LogP contribution >= 0.6 is 0 Å². The van der Waals surface area contributed by atoms with E-state index in [-0.39, 0.29) is 17.2 Å². The van der Waals surface area contributed by atoms with E-state index in [4.69, 9.17) is 14.6 Å². The van der Waals surface area contributed by atoms with Crippen molar-refractivity contribution in [3.63, 3.8) is 0 Å². The van der Waals surface area contributed by atoms with Gasteiger partial charge < -0.3 is 40.1 Å². The Labute approximate surface area is 153 Å². The van der Waals surface area contributed by atoms with Crippen LogP contribution in [0.1, 0.15) is 0 Å². The first kappa shape index (κ1) is 18.9. The Balaban J connectivity index is 1.86. The number of aliphatic hydroxyl groups excluding tert-OH is 3. The number of ether oxygens (including phenoxy) is 2. The lowest BCUT2D eigenvalue weighted by molar-refractivity contribution is -0.271. The van der Waals surface area contributed by atoms with E-state index in [1.807, 2.05) is 0 Å². The van der Waals surface area contributed by atoms with E-state index < -0.39 is 36.7 Å². The number of hydrogen-bond donors (Lipinski definition) is 6. The predicted octanol–water partition coefficient (Wildman–Crippen LogP) is 0.0358. The van der Waals surface area contributed by atoms with Crippen LogP contribution in [0, 0.1) is 0 Å². The molecule has 144 valence electrons. The quantitative estimate of drug-likeness (QED) is 0.432. The van der Waals surface area contributed by atoms with Crippen LogP contribution in [0.3, 0.4) is 0 Å². The summed E-state index contributed by atoms with van der Waals surface area (Å²) < 4.78 is 10.5. The van der Waals surface area contributed by atoms with Crippen molar-refractivity contribution in [2.75, 3.05) is 0 Å². The molecule has 27 heavy (non-hydrogen) atoms. The fraction of sp³-hybridized carbons (Fsp3) is 0.278. The van der Waals surface area contributed by atoms with Crippen LogP contribution in [-0.4, -0.2) is 67.3 Å². The molecular weight excluding hydrogens is 360 g/mol. The highest BCUT2D eigenvalue weighted by molar-refractivity contribution is 5.73. The van der Waals surface area contributed by atoms with Gasteiger partial charge in [-0.1, -0.05) is 12.1 Å². The number of aliphatic carboxylic acids is 1. The number of carboxylic acids is 1. The van der Waals surface area contributed by atoms with Gasteiger partial charge in [-0.25, -0.2) is 4.79 Å². The van der Waals surface area contributed by atoms with Crippen molar-refractivity contribution < 1.29 is 44.9 Å². The second kappa shape index (κ2) is 7.41. The zero-order chi connectivity index (χ0) is 19.7. The fourth-order valence-corrected chi connectivity index (χ4v) is 2.76. The summed E-state index contributed by atoms with van der Waals surface area (Å²) in [5.74, 6) is -1.59. The van der Waals surface area contributed by atoms with Crippen molar-refractivity contribution in [1.29, 1.82) is 0 Å². The van der Waals surface area contributed by atoms with Gasteiger partial charge in [0, 0.05) is 6.07 Å². The Morgan fingerprint density at radius 1 is 0.852 bits per heavy atom. The second-order valence-electron chi connectivity index (χ2n) is 6.12. The zero-order valence-corrected chi connectivity index (χ0v) is 13.8. The summed E-state index contributed by atoms with van der Waals surface area (Å²) in [6, 6.07) is 10.3. The molecule has 1 fully saturated rings. The standard InChI is InChI=1S/C18H18O9/c19-10-3-1-8(2-4-10)9-5-11(20)7-12(6-9)26-18-15(23)13(21)14(22)16(27-18)17(24)25/h1-7,13-16,18-23H,(H,24,25)/t13-,14-,15+,16-,18+/m0/s1. The van der Waals surface area contributed by atoms with Gasteiger partial charge in [-0.15, -0.1) is 0 Å². The molecule has 0 saturated carbocycles. The number of rotatable bonds is 4. The van der Waals surface area contributed by atoms with E-state index in [0.29, 0.717) is 11.1 Å². The maximum Gasteiger partial charge on any atom is 0.335 e. The molecule has 0 amide bonds. The van der Waals surface area contributed by atoms with Gasteiger partial charge in [-0.05, 0) is 35.4 Å². The molecule has 1 aliphatic heterocycles. The van der Waals surface area contributed by atoms with E-state index in [1.165, 1.54) is 30.3 Å². The summed E-state index contributed by atoms with van der Waals surface area (Å²) in [7, 11) is 0. The Morgan fingerprint density at radius 3 is 2.15 bits per heavy atom. The number of carboxylic acid groups (broad SMARTS) is 1. The highest BCUT2D eigenvalue weighted by Crippen LogP contribution is 2.32. The molecule has 9 heteroatoms. The average Bonchev–Trinajstić information content (AvgIpc) is 2.62. The van der Waals surface area contributed by atoms with Gasteiger partial charge in [0.05, 0.1) is 0 Å². The van der Waals surface area contributed by atoms with E-state index in [9.17, 15) is 30.3 Å². The normalized spacial score (nSPS) is 27.9. The molecule has 9 nitrogen and oxygen atoms in total. The summed E-state index contributed by atoms with van der Waals surface area (Å²) in [5, 5.41) is 57.9. The smallest absolute Gasteiger partial charge is 0.335 e. The van der Waals surface area contributed by atoms with Crippen LogP contribution in [0.5, 0.6) is 17.2 Å². The highest BCUT2D eigenvalue weighted by atomic mass is 16.7. The number of aromatic hydroxyl groups is 2. The minimum atomic E-state index is -1.82. The van der Waals surface area contributed by atoms with Crippen LogP contribution in [0.25, 0.3) is 11.1 Å². The summed E-state index contributed by atoms with van der Waals surface area (Å²) in [4.78, 5) is 11.1. The lowest BCUT2D eigenvalue weighted by atomic mass is 9.99. The number of aliphatic hydroxyl groups is 3. The number of phenolic OH excluding ortho intramolecular Hbond substituents is 2. The Morgan fingerprint density at radius 2 is 1.52 bits per heavy atom. The molecule has 0 unspecified atom stereocenters. The largest absolute Gasteiger partial charge is 0.508 e. The van der Waals surface area contributed by atoms with Crippen molar-refractivity contribution in [3.05, 3.63) is 42.5 Å². The third-order valence-corrected chi connectivity index (χ3v) is 4.16. The molecular formula is C18H18O9. The molecule has 1 aliphatic rings. The van der Waals surface area contributed by atoms with Crippen LogP contribution in [0.2, 0.25) is 0 Å². The van der Waals surface area contributed by atoms with Crippen LogP contribution < -0.4 is 4.74 Å². The maximum absolute atomic E-state index is 11.1.